The summed E-state index contributed by atoms with van der Waals surface area (Å²) < 4.78 is 38.2. The molecule has 0 radical (unpaired) electrons. The van der Waals surface area contributed by atoms with E-state index in [1.165, 1.54) is 12.1 Å². The van der Waals surface area contributed by atoms with Crippen LogP contribution in [-0.2, 0) is 19.6 Å². The Balaban J connectivity index is 2.25. The van der Waals surface area contributed by atoms with E-state index in [1.54, 1.807) is 24.3 Å². The molecule has 2 aromatic carbocycles. The molecule has 24 heavy (non-hydrogen) atoms. The Morgan fingerprint density at radius 2 is 1.58 bits per heavy atom. The van der Waals surface area contributed by atoms with Crippen molar-refractivity contribution in [3.05, 3.63) is 66.0 Å². The van der Waals surface area contributed by atoms with E-state index >= 15 is 0 Å². The van der Waals surface area contributed by atoms with E-state index in [4.69, 9.17) is 9.78 Å². The largest absolute Gasteiger partial charge is 0.230 e. The molecule has 0 amide bonds. The second-order valence-corrected chi connectivity index (χ2v) is 8.46. The van der Waals surface area contributed by atoms with Gasteiger partial charge in [-0.15, -0.1) is 0 Å². The number of hydrogen-bond donors (Lipinski definition) is 0. The Hall–Kier alpha value is -1.76. The topological polar surface area (TPSA) is 52.6 Å². The van der Waals surface area contributed by atoms with E-state index in [9.17, 15) is 12.8 Å². The van der Waals surface area contributed by atoms with Crippen molar-refractivity contribution in [2.45, 2.75) is 37.4 Å². The molecule has 4 nitrogen and oxygen atoms in total. The fourth-order valence-corrected chi connectivity index (χ4v) is 3.38. The minimum absolute atomic E-state index is 0.0455. The minimum atomic E-state index is -3.66. The van der Waals surface area contributed by atoms with Crippen LogP contribution in [0.25, 0.3) is 0 Å². The first-order valence-electron chi connectivity index (χ1n) is 7.55. The van der Waals surface area contributed by atoms with Crippen molar-refractivity contribution in [2.75, 3.05) is 5.75 Å². The molecule has 2 aromatic rings. The number of sulfone groups is 1. The van der Waals surface area contributed by atoms with Gasteiger partial charge in [0, 0.05) is 0 Å². The standard InChI is InChI=1S/C18H21FO4S/c1-18(2,3)23-22-17(14-7-5-4-6-8-14)13-24(20,21)16-11-9-15(19)10-12-16/h4-12,17H,13H2,1-3H3. The van der Waals surface area contributed by atoms with Gasteiger partial charge in [-0.1, -0.05) is 30.3 Å². The van der Waals surface area contributed by atoms with Crippen molar-refractivity contribution in [1.82, 2.24) is 0 Å². The molecule has 0 aromatic heterocycles. The highest BCUT2D eigenvalue weighted by atomic mass is 32.2. The van der Waals surface area contributed by atoms with Crippen LogP contribution in [0.1, 0.15) is 32.4 Å². The van der Waals surface area contributed by atoms with Gasteiger partial charge in [0.2, 0.25) is 0 Å². The second-order valence-electron chi connectivity index (χ2n) is 6.43. The van der Waals surface area contributed by atoms with E-state index in [1.807, 2.05) is 26.8 Å². The zero-order valence-electron chi connectivity index (χ0n) is 13.9. The summed E-state index contributed by atoms with van der Waals surface area (Å²) in [6.07, 6.45) is -0.791. The third-order valence-electron chi connectivity index (χ3n) is 3.13. The molecule has 6 heteroatoms. The lowest BCUT2D eigenvalue weighted by molar-refractivity contribution is -0.372. The zero-order valence-corrected chi connectivity index (χ0v) is 14.7. The van der Waals surface area contributed by atoms with Crippen molar-refractivity contribution in [3.8, 4) is 0 Å². The minimum Gasteiger partial charge on any atom is -0.230 e. The summed E-state index contributed by atoms with van der Waals surface area (Å²) in [6.45, 7) is 5.43. The quantitative estimate of drug-likeness (QED) is 0.446. The van der Waals surface area contributed by atoms with Gasteiger partial charge in [-0.05, 0) is 50.6 Å². The summed E-state index contributed by atoms with van der Waals surface area (Å²) >= 11 is 0. The Labute approximate surface area is 142 Å². The zero-order chi connectivity index (χ0) is 17.8. The molecule has 0 aliphatic rings. The third kappa shape index (κ3) is 5.40. The van der Waals surface area contributed by atoms with Crippen molar-refractivity contribution in [2.24, 2.45) is 0 Å². The van der Waals surface area contributed by atoms with Gasteiger partial charge >= 0.3 is 0 Å². The molecule has 0 fully saturated rings. The van der Waals surface area contributed by atoms with Crippen LogP contribution in [-0.4, -0.2) is 19.8 Å². The van der Waals surface area contributed by atoms with Crippen LogP contribution >= 0.6 is 0 Å². The lowest BCUT2D eigenvalue weighted by Crippen LogP contribution is -2.24. The number of benzene rings is 2. The average molecular weight is 352 g/mol. The van der Waals surface area contributed by atoms with Gasteiger partial charge in [0.1, 0.15) is 11.9 Å². The molecule has 0 heterocycles. The summed E-state index contributed by atoms with van der Waals surface area (Å²) in [6, 6.07) is 13.7. The molecule has 0 N–H and O–H groups in total. The fraction of sp³-hybridized carbons (Fsp3) is 0.333. The average Bonchev–Trinajstić information content (AvgIpc) is 2.52. The number of halogens is 1. The Morgan fingerprint density at radius 3 is 2.12 bits per heavy atom. The van der Waals surface area contributed by atoms with E-state index in [2.05, 4.69) is 0 Å². The highest BCUT2D eigenvalue weighted by Crippen LogP contribution is 2.25. The van der Waals surface area contributed by atoms with E-state index in [0.29, 0.717) is 5.56 Å². The van der Waals surface area contributed by atoms with Crippen molar-refractivity contribution >= 4 is 9.84 Å². The van der Waals surface area contributed by atoms with E-state index in [0.717, 1.165) is 12.1 Å². The van der Waals surface area contributed by atoms with Gasteiger partial charge in [-0.3, -0.25) is 0 Å². The summed E-state index contributed by atoms with van der Waals surface area (Å²) in [7, 11) is -3.66. The molecule has 2 rings (SSSR count). The molecule has 0 saturated carbocycles. The summed E-state index contributed by atoms with van der Waals surface area (Å²) in [5, 5.41) is 0. The van der Waals surface area contributed by atoms with Crippen LogP contribution in [0.3, 0.4) is 0 Å². The van der Waals surface area contributed by atoms with E-state index < -0.39 is 27.4 Å². The maximum Gasteiger partial charge on any atom is 0.181 e. The van der Waals surface area contributed by atoms with Crippen LogP contribution in [0.2, 0.25) is 0 Å². The predicted molar refractivity (Wildman–Crippen MR) is 89.6 cm³/mol. The number of rotatable bonds is 6. The third-order valence-corrected chi connectivity index (χ3v) is 4.86. The van der Waals surface area contributed by atoms with Gasteiger partial charge < -0.3 is 0 Å². The molecule has 0 bridgehead atoms. The summed E-state index contributed by atoms with van der Waals surface area (Å²) in [4.78, 5) is 10.8. The van der Waals surface area contributed by atoms with Gasteiger partial charge in [0.15, 0.2) is 9.84 Å². The molecular weight excluding hydrogens is 331 g/mol. The normalized spacial score (nSPS) is 13.7. The van der Waals surface area contributed by atoms with Gasteiger partial charge in [0.05, 0.1) is 16.2 Å². The second kappa shape index (κ2) is 7.42. The van der Waals surface area contributed by atoms with E-state index in [-0.39, 0.29) is 10.6 Å². The van der Waals surface area contributed by atoms with Crippen LogP contribution in [0.4, 0.5) is 4.39 Å². The van der Waals surface area contributed by atoms with Crippen molar-refractivity contribution in [1.29, 1.82) is 0 Å². The van der Waals surface area contributed by atoms with Crippen LogP contribution in [0.5, 0.6) is 0 Å². The monoisotopic (exact) mass is 352 g/mol. The maximum atomic E-state index is 13.0. The SMILES string of the molecule is CC(C)(C)OOC(CS(=O)(=O)c1ccc(F)cc1)c1ccccc1. The highest BCUT2D eigenvalue weighted by Gasteiger charge is 2.26. The summed E-state index contributed by atoms with van der Waals surface area (Å²) in [5.74, 6) is -0.792. The molecule has 130 valence electrons. The predicted octanol–water partition coefficient (Wildman–Crippen LogP) is 4.09. The van der Waals surface area contributed by atoms with Gasteiger partial charge in [-0.2, -0.15) is 0 Å². The molecule has 1 atom stereocenters. The molecule has 0 aliphatic carbocycles. The molecular formula is C18H21FO4S. The first-order chi connectivity index (χ1) is 11.2. The Bertz CT molecular complexity index is 750. The van der Waals surface area contributed by atoms with Crippen LogP contribution in [0.15, 0.2) is 59.5 Å². The molecule has 0 spiro atoms. The van der Waals surface area contributed by atoms with Gasteiger partial charge in [0.25, 0.3) is 0 Å². The maximum absolute atomic E-state index is 13.0. The molecule has 0 aliphatic heterocycles. The first kappa shape index (κ1) is 18.6. The van der Waals surface area contributed by atoms with Crippen LogP contribution in [0, 0.1) is 5.82 Å². The lowest BCUT2D eigenvalue weighted by Gasteiger charge is -2.23. The van der Waals surface area contributed by atoms with Crippen LogP contribution < -0.4 is 0 Å². The Kier molecular flexibility index (Phi) is 5.74. The summed E-state index contributed by atoms with van der Waals surface area (Å²) in [5.41, 5.74) is 0.111. The fourth-order valence-electron chi connectivity index (χ4n) is 1.99. The first-order valence-corrected chi connectivity index (χ1v) is 9.20. The molecule has 0 saturated heterocycles. The van der Waals surface area contributed by atoms with Gasteiger partial charge in [-0.25, -0.2) is 22.6 Å². The van der Waals surface area contributed by atoms with Crippen molar-refractivity contribution in [3.63, 3.8) is 0 Å². The number of hydrogen-bond acceptors (Lipinski definition) is 4. The smallest absolute Gasteiger partial charge is 0.181 e. The lowest BCUT2D eigenvalue weighted by atomic mass is 10.1. The Morgan fingerprint density at radius 1 is 1.00 bits per heavy atom. The highest BCUT2D eigenvalue weighted by molar-refractivity contribution is 7.91. The molecule has 1 unspecified atom stereocenters. The van der Waals surface area contributed by atoms with Crippen molar-refractivity contribution < 1.29 is 22.6 Å².